The van der Waals surface area contributed by atoms with E-state index in [2.05, 4.69) is 22.2 Å². The lowest BCUT2D eigenvalue weighted by Crippen LogP contribution is -2.61. The minimum Gasteiger partial charge on any atom is -0.484 e. The molecule has 1 aromatic carbocycles. The zero-order valence-corrected chi connectivity index (χ0v) is 17.5. The van der Waals surface area contributed by atoms with Crippen LogP contribution in [0.5, 0.6) is 5.75 Å². The van der Waals surface area contributed by atoms with Crippen LogP contribution in [0.2, 0.25) is 0 Å². The van der Waals surface area contributed by atoms with E-state index in [1.807, 2.05) is 31.2 Å². The number of ether oxygens (including phenoxy) is 1. The Kier molecular flexibility index (Phi) is 8.39. The summed E-state index contributed by atoms with van der Waals surface area (Å²) in [5.74, 6) is 0.724. The lowest BCUT2D eigenvalue weighted by atomic mass is 9.79. The Bertz CT molecular complexity index is 580. The molecule has 2 fully saturated rings. The van der Waals surface area contributed by atoms with Gasteiger partial charge in [-0.3, -0.25) is 9.69 Å². The summed E-state index contributed by atoms with van der Waals surface area (Å²) >= 11 is 0. The zero-order valence-electron chi connectivity index (χ0n) is 16.7. The molecular formula is C21H34ClN3O2. The third-order valence-corrected chi connectivity index (χ3v) is 5.96. The molecule has 27 heavy (non-hydrogen) atoms. The highest BCUT2D eigenvalue weighted by molar-refractivity contribution is 5.85. The molecule has 1 aliphatic heterocycles. The summed E-state index contributed by atoms with van der Waals surface area (Å²) in [6, 6.07) is 7.82. The van der Waals surface area contributed by atoms with Crippen LogP contribution in [0.4, 0.5) is 0 Å². The zero-order chi connectivity index (χ0) is 18.4. The second-order valence-electron chi connectivity index (χ2n) is 7.95. The van der Waals surface area contributed by atoms with Crippen molar-refractivity contribution >= 4 is 18.3 Å². The van der Waals surface area contributed by atoms with Gasteiger partial charge >= 0.3 is 0 Å². The van der Waals surface area contributed by atoms with Gasteiger partial charge in [0, 0.05) is 38.3 Å². The van der Waals surface area contributed by atoms with E-state index in [0.717, 1.165) is 38.5 Å². The van der Waals surface area contributed by atoms with Crippen molar-refractivity contribution in [2.75, 3.05) is 46.4 Å². The molecule has 1 heterocycles. The molecule has 6 heteroatoms. The number of nitrogens with one attached hydrogen (secondary N) is 1. The van der Waals surface area contributed by atoms with Crippen molar-refractivity contribution in [2.24, 2.45) is 0 Å². The van der Waals surface area contributed by atoms with E-state index < -0.39 is 0 Å². The number of benzene rings is 1. The molecule has 1 aliphatic carbocycles. The SMILES string of the molecule is Cc1ccc(OCC(=O)NCC2(N3CCN(C)CC3)CCCCC2)cc1.Cl. The lowest BCUT2D eigenvalue weighted by Gasteiger charge is -2.49. The van der Waals surface area contributed by atoms with Crippen molar-refractivity contribution in [3.63, 3.8) is 0 Å². The summed E-state index contributed by atoms with van der Waals surface area (Å²) in [6.07, 6.45) is 6.23. The molecule has 2 aliphatic rings. The summed E-state index contributed by atoms with van der Waals surface area (Å²) in [6.45, 7) is 7.31. The molecule has 5 nitrogen and oxygen atoms in total. The maximum absolute atomic E-state index is 12.3. The van der Waals surface area contributed by atoms with Crippen LogP contribution in [-0.4, -0.2) is 67.6 Å². The number of nitrogens with zero attached hydrogens (tertiary/aromatic N) is 2. The highest BCUT2D eigenvalue weighted by Crippen LogP contribution is 2.34. The number of hydrogen-bond acceptors (Lipinski definition) is 4. The number of piperazine rings is 1. The van der Waals surface area contributed by atoms with Gasteiger partial charge in [0.25, 0.3) is 5.91 Å². The van der Waals surface area contributed by atoms with E-state index >= 15 is 0 Å². The van der Waals surface area contributed by atoms with Gasteiger partial charge in [0.05, 0.1) is 0 Å². The first-order valence-corrected chi connectivity index (χ1v) is 9.97. The second kappa shape index (κ2) is 10.3. The van der Waals surface area contributed by atoms with Gasteiger partial charge in [-0.1, -0.05) is 37.0 Å². The first kappa shape index (κ1) is 22.0. The van der Waals surface area contributed by atoms with Crippen LogP contribution < -0.4 is 10.1 Å². The van der Waals surface area contributed by atoms with Gasteiger partial charge in [-0.25, -0.2) is 0 Å². The average Bonchev–Trinajstić information content (AvgIpc) is 2.67. The minimum atomic E-state index is -0.0235. The Balaban J connectivity index is 0.00000261. The quantitative estimate of drug-likeness (QED) is 0.804. The van der Waals surface area contributed by atoms with Crippen molar-refractivity contribution in [1.82, 2.24) is 15.1 Å². The molecule has 3 rings (SSSR count). The second-order valence-corrected chi connectivity index (χ2v) is 7.95. The Labute approximate surface area is 169 Å². The number of rotatable bonds is 6. The summed E-state index contributed by atoms with van der Waals surface area (Å²) in [5, 5.41) is 3.16. The third kappa shape index (κ3) is 6.09. The molecule has 1 amide bonds. The van der Waals surface area contributed by atoms with Crippen LogP contribution in [0.15, 0.2) is 24.3 Å². The molecule has 1 saturated carbocycles. The fraction of sp³-hybridized carbons (Fsp3) is 0.667. The largest absolute Gasteiger partial charge is 0.484 e. The van der Waals surface area contributed by atoms with Gasteiger partial charge in [0.2, 0.25) is 0 Å². The lowest BCUT2D eigenvalue weighted by molar-refractivity contribution is -0.124. The smallest absolute Gasteiger partial charge is 0.258 e. The predicted molar refractivity (Wildman–Crippen MR) is 112 cm³/mol. The van der Waals surface area contributed by atoms with Crippen molar-refractivity contribution < 1.29 is 9.53 Å². The van der Waals surface area contributed by atoms with Crippen LogP contribution in [0.25, 0.3) is 0 Å². The molecule has 0 bridgehead atoms. The number of halogens is 1. The van der Waals surface area contributed by atoms with Crippen molar-refractivity contribution in [2.45, 2.75) is 44.6 Å². The summed E-state index contributed by atoms with van der Waals surface area (Å²) in [7, 11) is 2.19. The number of aryl methyl sites for hydroxylation is 1. The highest BCUT2D eigenvalue weighted by atomic mass is 35.5. The van der Waals surface area contributed by atoms with Crippen LogP contribution in [-0.2, 0) is 4.79 Å². The van der Waals surface area contributed by atoms with E-state index in [0.29, 0.717) is 0 Å². The van der Waals surface area contributed by atoms with Crippen molar-refractivity contribution in [1.29, 1.82) is 0 Å². The van der Waals surface area contributed by atoms with Gasteiger partial charge in [-0.2, -0.15) is 0 Å². The Hall–Kier alpha value is -1.30. The molecular weight excluding hydrogens is 362 g/mol. The molecule has 1 N–H and O–H groups in total. The highest BCUT2D eigenvalue weighted by Gasteiger charge is 2.39. The van der Waals surface area contributed by atoms with Crippen LogP contribution in [0, 0.1) is 6.92 Å². The summed E-state index contributed by atoms with van der Waals surface area (Å²) in [5.41, 5.74) is 1.33. The predicted octanol–water partition coefficient (Wildman–Crippen LogP) is 2.86. The monoisotopic (exact) mass is 395 g/mol. The number of hydrogen-bond donors (Lipinski definition) is 1. The van der Waals surface area contributed by atoms with Crippen molar-refractivity contribution in [3.8, 4) is 5.75 Å². The first-order valence-electron chi connectivity index (χ1n) is 9.97. The van der Waals surface area contributed by atoms with Gasteiger partial charge in [0.15, 0.2) is 6.61 Å². The topological polar surface area (TPSA) is 44.8 Å². The van der Waals surface area contributed by atoms with Gasteiger partial charge in [0.1, 0.15) is 5.75 Å². The Morgan fingerprint density at radius 2 is 1.70 bits per heavy atom. The summed E-state index contributed by atoms with van der Waals surface area (Å²) in [4.78, 5) is 17.4. The molecule has 0 spiro atoms. The molecule has 0 aromatic heterocycles. The minimum absolute atomic E-state index is 0. The molecule has 0 atom stereocenters. The fourth-order valence-electron chi connectivity index (χ4n) is 4.19. The van der Waals surface area contributed by atoms with E-state index in [1.54, 1.807) is 0 Å². The van der Waals surface area contributed by atoms with E-state index in [-0.39, 0.29) is 30.5 Å². The average molecular weight is 396 g/mol. The Morgan fingerprint density at radius 1 is 1.07 bits per heavy atom. The molecule has 0 unspecified atom stereocenters. The third-order valence-electron chi connectivity index (χ3n) is 5.96. The number of carbonyl (C=O) groups is 1. The summed E-state index contributed by atoms with van der Waals surface area (Å²) < 4.78 is 5.62. The van der Waals surface area contributed by atoms with Crippen LogP contribution in [0.1, 0.15) is 37.7 Å². The molecule has 1 saturated heterocycles. The van der Waals surface area contributed by atoms with E-state index in [4.69, 9.17) is 4.74 Å². The first-order chi connectivity index (χ1) is 12.6. The van der Waals surface area contributed by atoms with Crippen LogP contribution in [0.3, 0.4) is 0 Å². The normalized spacial score (nSPS) is 20.5. The maximum atomic E-state index is 12.3. The Morgan fingerprint density at radius 3 is 2.33 bits per heavy atom. The standard InChI is InChI=1S/C21H33N3O2.ClH/c1-18-6-8-19(9-7-18)26-16-20(25)22-17-21(10-4-3-5-11-21)24-14-12-23(2)13-15-24;/h6-9H,3-5,10-17H2,1-2H3,(H,22,25);1H. The molecule has 152 valence electrons. The molecule has 1 aromatic rings. The van der Waals surface area contributed by atoms with Crippen molar-refractivity contribution in [3.05, 3.63) is 29.8 Å². The maximum Gasteiger partial charge on any atom is 0.258 e. The number of amides is 1. The van der Waals surface area contributed by atoms with Crippen LogP contribution >= 0.6 is 12.4 Å². The fourth-order valence-corrected chi connectivity index (χ4v) is 4.19. The van der Waals surface area contributed by atoms with Gasteiger partial charge in [-0.05, 0) is 38.9 Å². The van der Waals surface area contributed by atoms with E-state index in [9.17, 15) is 4.79 Å². The van der Waals surface area contributed by atoms with E-state index in [1.165, 1.54) is 37.7 Å². The number of carbonyl (C=O) groups excluding carboxylic acids is 1. The molecule has 0 radical (unpaired) electrons. The van der Waals surface area contributed by atoms with Gasteiger partial charge < -0.3 is 15.0 Å². The number of likely N-dealkylation sites (N-methyl/N-ethyl adjacent to an activating group) is 1. The van der Waals surface area contributed by atoms with Gasteiger partial charge in [-0.15, -0.1) is 12.4 Å².